The molecule has 2 rings (SSSR count). The number of benzene rings is 1. The van der Waals surface area contributed by atoms with Gasteiger partial charge in [-0.3, -0.25) is 4.79 Å². The number of fused-ring (bicyclic) bond motifs is 1. The molecule has 1 aliphatic heterocycles. The van der Waals surface area contributed by atoms with Crippen molar-refractivity contribution < 1.29 is 18.7 Å². The Kier molecular flexibility index (Phi) is 5.26. The van der Waals surface area contributed by atoms with Crippen LogP contribution in [-0.4, -0.2) is 17.6 Å². The molecule has 128 valence electrons. The Morgan fingerprint density at radius 2 is 2.17 bits per heavy atom. The summed E-state index contributed by atoms with van der Waals surface area (Å²) >= 11 is 6.06. The summed E-state index contributed by atoms with van der Waals surface area (Å²) < 4.78 is 29.1. The largest absolute Gasteiger partial charge is 0.389 e. The van der Waals surface area contributed by atoms with Crippen molar-refractivity contribution in [2.24, 2.45) is 0 Å². The van der Waals surface area contributed by atoms with Gasteiger partial charge in [0.1, 0.15) is 0 Å². The van der Waals surface area contributed by atoms with Crippen molar-refractivity contribution in [1.29, 1.82) is 0 Å². The summed E-state index contributed by atoms with van der Waals surface area (Å²) in [6.45, 7) is 6.59. The smallest absolute Gasteiger partial charge is 0.352 e. The van der Waals surface area contributed by atoms with Gasteiger partial charge in [-0.05, 0) is 31.1 Å². The number of carbonyl (C=O) groups is 1. The predicted molar refractivity (Wildman–Crippen MR) is 91.2 cm³/mol. The molecule has 0 radical (unpaired) electrons. The van der Waals surface area contributed by atoms with Crippen LogP contribution in [0, 0.1) is 0 Å². The fourth-order valence-corrected chi connectivity index (χ4v) is 2.85. The lowest BCUT2D eigenvalue weighted by Crippen LogP contribution is -2.36. The fourth-order valence-electron chi connectivity index (χ4n) is 2.73. The van der Waals surface area contributed by atoms with E-state index in [1.54, 1.807) is 19.1 Å². The molecular weight excluding hydrogens is 336 g/mol. The van der Waals surface area contributed by atoms with Gasteiger partial charge in [0.15, 0.2) is 0 Å². The minimum atomic E-state index is -3.69. The maximum absolute atomic E-state index is 14.5. The second kappa shape index (κ2) is 6.87. The molecular formula is C18H18ClF2NO2. The van der Waals surface area contributed by atoms with Gasteiger partial charge in [0.2, 0.25) is 0 Å². The highest BCUT2D eigenvalue weighted by atomic mass is 35.5. The van der Waals surface area contributed by atoms with Crippen LogP contribution in [0.4, 0.5) is 14.5 Å². The first-order valence-electron chi connectivity index (χ1n) is 7.40. The van der Waals surface area contributed by atoms with Gasteiger partial charge in [0.25, 0.3) is 0 Å². The molecule has 1 aliphatic rings. The van der Waals surface area contributed by atoms with E-state index in [1.807, 2.05) is 0 Å². The molecule has 0 aliphatic carbocycles. The summed E-state index contributed by atoms with van der Waals surface area (Å²) in [6, 6.07) is 4.37. The second-order valence-corrected chi connectivity index (χ2v) is 5.87. The number of carbonyl (C=O) groups excluding carboxylic acids is 1. The standard InChI is InChI=1S/C18H18ClF2NO2/c1-4-7-12(14(19)5-2)10-22-15-9-6-8-13(11(3)23)16(15)18(20,21)17(22)24/h4-9,11,23H,2,10H2,1,3H3/b7-4-,14-12-/t11-/m0/s1. The van der Waals surface area contributed by atoms with Crippen LogP contribution in [0.25, 0.3) is 0 Å². The number of aliphatic hydroxyl groups is 1. The average Bonchev–Trinajstić information content (AvgIpc) is 2.74. The van der Waals surface area contributed by atoms with Gasteiger partial charge in [0.05, 0.1) is 23.9 Å². The molecule has 1 aromatic carbocycles. The minimum Gasteiger partial charge on any atom is -0.389 e. The van der Waals surface area contributed by atoms with Gasteiger partial charge in [0, 0.05) is 5.03 Å². The minimum absolute atomic E-state index is 0.0414. The molecule has 0 spiro atoms. The van der Waals surface area contributed by atoms with Gasteiger partial charge in [-0.1, -0.05) is 48.5 Å². The van der Waals surface area contributed by atoms with E-state index in [1.165, 1.54) is 31.2 Å². The lowest BCUT2D eigenvalue weighted by Gasteiger charge is -2.19. The van der Waals surface area contributed by atoms with Crippen molar-refractivity contribution in [3.8, 4) is 0 Å². The van der Waals surface area contributed by atoms with Gasteiger partial charge in [-0.15, -0.1) is 0 Å². The maximum Gasteiger partial charge on any atom is 0.352 e. The number of amides is 1. The molecule has 0 bridgehead atoms. The lowest BCUT2D eigenvalue weighted by atomic mass is 9.98. The highest BCUT2D eigenvalue weighted by Crippen LogP contribution is 2.47. The Morgan fingerprint density at radius 1 is 1.50 bits per heavy atom. The van der Waals surface area contributed by atoms with Crippen LogP contribution in [0.5, 0.6) is 0 Å². The Balaban J connectivity index is 2.59. The van der Waals surface area contributed by atoms with E-state index in [4.69, 9.17) is 11.6 Å². The van der Waals surface area contributed by atoms with Crippen LogP contribution in [0.3, 0.4) is 0 Å². The summed E-state index contributed by atoms with van der Waals surface area (Å²) in [4.78, 5) is 13.3. The van der Waals surface area contributed by atoms with E-state index in [-0.39, 0.29) is 22.8 Å². The van der Waals surface area contributed by atoms with Crippen LogP contribution in [-0.2, 0) is 10.7 Å². The molecule has 0 unspecified atom stereocenters. The van der Waals surface area contributed by atoms with Crippen LogP contribution < -0.4 is 4.90 Å². The normalized spacial score (nSPS) is 18.6. The summed E-state index contributed by atoms with van der Waals surface area (Å²) in [5.74, 6) is -5.02. The van der Waals surface area contributed by atoms with Crippen molar-refractivity contribution in [2.75, 3.05) is 11.4 Å². The lowest BCUT2D eigenvalue weighted by molar-refractivity contribution is -0.141. The number of nitrogens with zero attached hydrogens (tertiary/aromatic N) is 1. The first-order valence-corrected chi connectivity index (χ1v) is 7.78. The highest BCUT2D eigenvalue weighted by molar-refractivity contribution is 6.31. The van der Waals surface area contributed by atoms with Crippen molar-refractivity contribution >= 4 is 23.2 Å². The molecule has 1 atom stereocenters. The third kappa shape index (κ3) is 3.01. The molecule has 3 nitrogen and oxygen atoms in total. The predicted octanol–water partition coefficient (Wildman–Crippen LogP) is 4.43. The first-order chi connectivity index (χ1) is 11.3. The summed E-state index contributed by atoms with van der Waals surface area (Å²) in [5, 5.41) is 10.0. The van der Waals surface area contributed by atoms with Gasteiger partial charge in [-0.25, -0.2) is 0 Å². The third-order valence-electron chi connectivity index (χ3n) is 3.83. The third-order valence-corrected chi connectivity index (χ3v) is 4.22. The Hall–Kier alpha value is -1.98. The number of hydrogen-bond acceptors (Lipinski definition) is 2. The first kappa shape index (κ1) is 18.4. The number of aliphatic hydroxyl groups excluding tert-OH is 1. The number of allylic oxidation sites excluding steroid dienone is 3. The highest BCUT2D eigenvalue weighted by Gasteiger charge is 2.54. The van der Waals surface area contributed by atoms with E-state index in [9.17, 15) is 18.7 Å². The molecule has 0 aromatic heterocycles. The molecule has 24 heavy (non-hydrogen) atoms. The Bertz CT molecular complexity index is 739. The second-order valence-electron chi connectivity index (χ2n) is 5.46. The van der Waals surface area contributed by atoms with E-state index in [0.29, 0.717) is 5.57 Å². The summed E-state index contributed by atoms with van der Waals surface area (Å²) in [6.07, 6.45) is 3.63. The van der Waals surface area contributed by atoms with E-state index in [0.717, 1.165) is 4.90 Å². The van der Waals surface area contributed by atoms with Crippen LogP contribution in [0.15, 0.2) is 53.6 Å². The Morgan fingerprint density at radius 3 is 2.71 bits per heavy atom. The van der Waals surface area contributed by atoms with E-state index >= 15 is 0 Å². The number of alkyl halides is 2. The number of hydrogen-bond donors (Lipinski definition) is 1. The Labute approximate surface area is 144 Å². The zero-order chi connectivity index (χ0) is 18.1. The average molecular weight is 354 g/mol. The van der Waals surface area contributed by atoms with Crippen molar-refractivity contribution in [3.05, 3.63) is 64.7 Å². The monoisotopic (exact) mass is 353 g/mol. The molecule has 1 N–H and O–H groups in total. The van der Waals surface area contributed by atoms with Crippen LogP contribution in [0.2, 0.25) is 0 Å². The fraction of sp³-hybridized carbons (Fsp3) is 0.278. The van der Waals surface area contributed by atoms with E-state index in [2.05, 4.69) is 6.58 Å². The van der Waals surface area contributed by atoms with Crippen molar-refractivity contribution in [2.45, 2.75) is 25.9 Å². The quantitative estimate of drug-likeness (QED) is 0.795. The number of rotatable bonds is 5. The topological polar surface area (TPSA) is 40.5 Å². The summed E-state index contributed by atoms with van der Waals surface area (Å²) in [7, 11) is 0. The van der Waals surface area contributed by atoms with Crippen LogP contribution >= 0.6 is 11.6 Å². The van der Waals surface area contributed by atoms with Crippen molar-refractivity contribution in [1.82, 2.24) is 0 Å². The van der Waals surface area contributed by atoms with Gasteiger partial charge < -0.3 is 10.0 Å². The van der Waals surface area contributed by atoms with Crippen LogP contribution in [0.1, 0.15) is 31.1 Å². The molecule has 1 aromatic rings. The molecule has 0 saturated carbocycles. The molecule has 6 heteroatoms. The molecule has 1 amide bonds. The molecule has 1 heterocycles. The molecule has 0 saturated heterocycles. The number of halogens is 3. The van der Waals surface area contributed by atoms with Gasteiger partial charge in [-0.2, -0.15) is 8.78 Å². The number of anilines is 1. The summed E-state index contributed by atoms with van der Waals surface area (Å²) in [5.41, 5.74) is 0.173. The van der Waals surface area contributed by atoms with Crippen molar-refractivity contribution in [3.63, 3.8) is 0 Å². The molecule has 0 fully saturated rings. The zero-order valence-corrected chi connectivity index (χ0v) is 14.1. The zero-order valence-electron chi connectivity index (χ0n) is 13.4. The van der Waals surface area contributed by atoms with E-state index < -0.39 is 23.5 Å². The SMILES string of the molecule is C=C/C(Cl)=C(\C=C/C)CN1C(=O)C(F)(F)c2c([C@H](C)O)cccc21. The van der Waals surface area contributed by atoms with Gasteiger partial charge >= 0.3 is 11.8 Å². The maximum atomic E-state index is 14.5.